The Morgan fingerprint density at radius 2 is 2.07 bits per heavy atom. The molecule has 0 unspecified atom stereocenters. The summed E-state index contributed by atoms with van der Waals surface area (Å²) >= 11 is 5.53. The van der Waals surface area contributed by atoms with Crippen molar-refractivity contribution in [2.75, 3.05) is 0 Å². The summed E-state index contributed by atoms with van der Waals surface area (Å²) in [6.45, 7) is 1.92. The first-order valence-corrected chi connectivity index (χ1v) is 7.25. The van der Waals surface area contributed by atoms with Crippen molar-refractivity contribution in [1.29, 1.82) is 0 Å². The Bertz CT molecular complexity index is 439. The molecule has 0 radical (unpaired) electrons. The number of aryl methyl sites for hydroxylation is 1. The molecule has 0 bridgehead atoms. The molecule has 0 amide bonds. The predicted molar refractivity (Wildman–Crippen MR) is 73.4 cm³/mol. The summed E-state index contributed by atoms with van der Waals surface area (Å²) in [5.74, 6) is 1.83. The fourth-order valence-electron chi connectivity index (χ4n) is 1.06. The van der Waals surface area contributed by atoms with Gasteiger partial charge in [-0.25, -0.2) is 4.98 Å². The van der Waals surface area contributed by atoms with E-state index in [-0.39, 0.29) is 0 Å². The molecule has 0 aliphatic heterocycles. The van der Waals surface area contributed by atoms with Crippen molar-refractivity contribution < 1.29 is 0 Å². The molecular formula is C10H9IN2S2. The van der Waals surface area contributed by atoms with Crippen LogP contribution in [0.25, 0.3) is 0 Å². The molecule has 0 spiro atoms. The first-order chi connectivity index (χ1) is 7.24. The Labute approximate surface area is 111 Å². The molecule has 0 aliphatic rings. The highest BCUT2D eigenvalue weighted by Crippen LogP contribution is 2.24. The molecule has 2 rings (SSSR count). The molecular weight excluding hydrogens is 339 g/mol. The minimum atomic E-state index is 0.866. The number of benzene rings is 1. The molecule has 0 saturated carbocycles. The topological polar surface area (TPSA) is 25.8 Å². The Morgan fingerprint density at radius 3 is 2.67 bits per heavy atom. The maximum atomic E-state index is 4.31. The van der Waals surface area contributed by atoms with Gasteiger partial charge >= 0.3 is 0 Å². The zero-order chi connectivity index (χ0) is 10.7. The van der Waals surface area contributed by atoms with E-state index in [2.05, 4.69) is 56.2 Å². The summed E-state index contributed by atoms with van der Waals surface area (Å²) in [6, 6.07) is 8.56. The maximum Gasteiger partial charge on any atom is 0.170 e. The lowest BCUT2D eigenvalue weighted by Gasteiger charge is -1.98. The first-order valence-electron chi connectivity index (χ1n) is 4.41. The van der Waals surface area contributed by atoms with Crippen LogP contribution in [0.15, 0.2) is 28.6 Å². The summed E-state index contributed by atoms with van der Waals surface area (Å²) in [6.07, 6.45) is 0. The minimum absolute atomic E-state index is 0.866. The van der Waals surface area contributed by atoms with Gasteiger partial charge in [0.2, 0.25) is 0 Å². The van der Waals surface area contributed by atoms with Gasteiger partial charge in [-0.1, -0.05) is 23.9 Å². The average molecular weight is 348 g/mol. The van der Waals surface area contributed by atoms with Crippen LogP contribution in [0.2, 0.25) is 0 Å². The highest BCUT2D eigenvalue weighted by atomic mass is 127. The van der Waals surface area contributed by atoms with Gasteiger partial charge in [0, 0.05) is 9.32 Å². The van der Waals surface area contributed by atoms with Crippen molar-refractivity contribution in [3.63, 3.8) is 0 Å². The van der Waals surface area contributed by atoms with E-state index in [0.717, 1.165) is 15.9 Å². The van der Waals surface area contributed by atoms with Gasteiger partial charge in [-0.3, -0.25) is 0 Å². The number of halogens is 1. The molecule has 15 heavy (non-hydrogen) atoms. The second-order valence-corrected chi connectivity index (χ2v) is 6.24. The lowest BCUT2D eigenvalue weighted by Crippen LogP contribution is -1.80. The normalized spacial score (nSPS) is 10.5. The fraction of sp³-hybridized carbons (Fsp3) is 0.200. The molecule has 0 saturated heterocycles. The van der Waals surface area contributed by atoms with Crippen molar-refractivity contribution in [2.24, 2.45) is 0 Å². The van der Waals surface area contributed by atoms with Crippen LogP contribution in [0.5, 0.6) is 0 Å². The van der Waals surface area contributed by atoms with E-state index in [0.29, 0.717) is 0 Å². The van der Waals surface area contributed by atoms with Crippen molar-refractivity contribution in [3.8, 4) is 0 Å². The summed E-state index contributed by atoms with van der Waals surface area (Å²) in [4.78, 5) is 4.31. The molecule has 0 aliphatic carbocycles. The number of hydrogen-bond donors (Lipinski definition) is 0. The highest BCUT2D eigenvalue weighted by molar-refractivity contribution is 14.1. The molecule has 2 aromatic rings. The van der Waals surface area contributed by atoms with Gasteiger partial charge in [0.15, 0.2) is 4.34 Å². The summed E-state index contributed by atoms with van der Waals surface area (Å²) in [5, 5.41) is 0. The van der Waals surface area contributed by atoms with Crippen LogP contribution < -0.4 is 0 Å². The van der Waals surface area contributed by atoms with Gasteiger partial charge in [-0.2, -0.15) is 4.37 Å². The number of nitrogens with zero attached hydrogens (tertiary/aromatic N) is 2. The van der Waals surface area contributed by atoms with Crippen LogP contribution in [-0.4, -0.2) is 9.36 Å². The van der Waals surface area contributed by atoms with Crippen LogP contribution in [0, 0.1) is 10.5 Å². The van der Waals surface area contributed by atoms with Crippen molar-refractivity contribution in [3.05, 3.63) is 39.2 Å². The Hall–Kier alpha value is -0.140. The highest BCUT2D eigenvalue weighted by Gasteiger charge is 2.01. The van der Waals surface area contributed by atoms with Gasteiger partial charge in [-0.15, -0.1) is 0 Å². The average Bonchev–Trinajstić information content (AvgIpc) is 2.64. The number of thioether (sulfide) groups is 1. The molecule has 1 aromatic carbocycles. The summed E-state index contributed by atoms with van der Waals surface area (Å²) in [5.41, 5.74) is 1.33. The van der Waals surface area contributed by atoms with Crippen LogP contribution in [0.3, 0.4) is 0 Å². The molecule has 1 aromatic heterocycles. The van der Waals surface area contributed by atoms with E-state index < -0.39 is 0 Å². The Morgan fingerprint density at radius 1 is 1.33 bits per heavy atom. The quantitative estimate of drug-likeness (QED) is 0.624. The lowest BCUT2D eigenvalue weighted by molar-refractivity contribution is 1.10. The smallest absolute Gasteiger partial charge is 0.170 e. The molecule has 0 N–H and O–H groups in total. The van der Waals surface area contributed by atoms with Crippen molar-refractivity contribution in [1.82, 2.24) is 9.36 Å². The van der Waals surface area contributed by atoms with Crippen LogP contribution in [0.1, 0.15) is 11.4 Å². The molecule has 5 heteroatoms. The molecule has 1 heterocycles. The number of hydrogen-bond acceptors (Lipinski definition) is 4. The third kappa shape index (κ3) is 3.42. The van der Waals surface area contributed by atoms with E-state index in [1.165, 1.54) is 20.7 Å². The van der Waals surface area contributed by atoms with Crippen LogP contribution in [-0.2, 0) is 5.75 Å². The molecule has 0 fully saturated rings. The lowest BCUT2D eigenvalue weighted by atomic mass is 10.2. The first kappa shape index (κ1) is 11.3. The molecule has 0 atom stereocenters. The zero-order valence-electron chi connectivity index (χ0n) is 8.11. The van der Waals surface area contributed by atoms with Crippen molar-refractivity contribution in [2.45, 2.75) is 17.0 Å². The van der Waals surface area contributed by atoms with Gasteiger partial charge in [0.1, 0.15) is 5.82 Å². The molecule has 2 nitrogen and oxygen atoms in total. The largest absolute Gasteiger partial charge is 0.213 e. The summed E-state index contributed by atoms with van der Waals surface area (Å²) < 4.78 is 6.47. The van der Waals surface area contributed by atoms with Crippen LogP contribution in [0.4, 0.5) is 0 Å². The van der Waals surface area contributed by atoms with E-state index >= 15 is 0 Å². The fourth-order valence-corrected chi connectivity index (χ4v) is 3.02. The molecule has 78 valence electrons. The maximum absolute atomic E-state index is 4.31. The van der Waals surface area contributed by atoms with Crippen LogP contribution >= 0.6 is 45.9 Å². The van der Waals surface area contributed by atoms with E-state index in [4.69, 9.17) is 0 Å². The van der Waals surface area contributed by atoms with E-state index in [9.17, 15) is 0 Å². The van der Waals surface area contributed by atoms with Gasteiger partial charge < -0.3 is 0 Å². The predicted octanol–water partition coefficient (Wildman–Crippen LogP) is 3.74. The Kier molecular flexibility index (Phi) is 3.99. The second-order valence-electron chi connectivity index (χ2n) is 3.02. The van der Waals surface area contributed by atoms with Gasteiger partial charge in [0.25, 0.3) is 0 Å². The van der Waals surface area contributed by atoms with Crippen molar-refractivity contribution >= 4 is 45.9 Å². The van der Waals surface area contributed by atoms with Gasteiger partial charge in [-0.05, 0) is 58.7 Å². The number of aromatic nitrogens is 2. The number of rotatable bonds is 3. The second kappa shape index (κ2) is 5.27. The standard InChI is InChI=1S/C10H9IN2S2/c1-7-12-10(15-13-7)14-6-8-2-4-9(11)5-3-8/h2-5H,6H2,1H3. The third-order valence-electron chi connectivity index (χ3n) is 1.78. The van der Waals surface area contributed by atoms with E-state index in [1.54, 1.807) is 11.8 Å². The summed E-state index contributed by atoms with van der Waals surface area (Å²) in [7, 11) is 0. The third-order valence-corrected chi connectivity index (χ3v) is 4.50. The zero-order valence-corrected chi connectivity index (χ0v) is 11.9. The monoisotopic (exact) mass is 348 g/mol. The SMILES string of the molecule is Cc1nsc(SCc2ccc(I)cc2)n1. The van der Waals surface area contributed by atoms with Gasteiger partial charge in [0.05, 0.1) is 0 Å². The Balaban J connectivity index is 1.96. The van der Waals surface area contributed by atoms with E-state index in [1.807, 2.05) is 6.92 Å². The minimum Gasteiger partial charge on any atom is -0.213 e.